The highest BCUT2D eigenvalue weighted by molar-refractivity contribution is 5.97. The molecule has 4 heteroatoms. The largest absolute Gasteiger partial charge is 0.493 e. The summed E-state index contributed by atoms with van der Waals surface area (Å²) < 4.78 is 11.4. The van der Waals surface area contributed by atoms with Gasteiger partial charge in [-0.25, -0.2) is 0 Å². The number of aryl methyl sites for hydroxylation is 1. The molecule has 0 saturated heterocycles. The van der Waals surface area contributed by atoms with E-state index in [0.717, 1.165) is 18.6 Å². The lowest BCUT2D eigenvalue weighted by atomic mass is 10.1. The third-order valence-electron chi connectivity index (χ3n) is 3.61. The summed E-state index contributed by atoms with van der Waals surface area (Å²) in [5, 5.41) is 0. The molecule has 0 atom stereocenters. The lowest BCUT2D eigenvalue weighted by Crippen LogP contribution is -2.07. The molecule has 2 aromatic rings. The summed E-state index contributed by atoms with van der Waals surface area (Å²) in [4.78, 5) is 11.9. The lowest BCUT2D eigenvalue weighted by molar-refractivity contribution is 0.0982. The Morgan fingerprint density at radius 1 is 1.08 bits per heavy atom. The van der Waals surface area contributed by atoms with Gasteiger partial charge in [-0.1, -0.05) is 19.1 Å². The quantitative estimate of drug-likeness (QED) is 0.421. The molecule has 128 valence electrons. The molecule has 24 heavy (non-hydrogen) atoms. The highest BCUT2D eigenvalue weighted by Crippen LogP contribution is 2.23. The minimum Gasteiger partial charge on any atom is -0.493 e. The van der Waals surface area contributed by atoms with Crippen molar-refractivity contribution in [2.24, 2.45) is 0 Å². The monoisotopic (exact) mass is 327 g/mol. The van der Waals surface area contributed by atoms with Crippen LogP contribution in [0.15, 0.2) is 42.5 Å². The Hall–Kier alpha value is -2.49. The number of nitrogen functional groups attached to an aromatic ring is 1. The highest BCUT2D eigenvalue weighted by Gasteiger charge is 2.08. The van der Waals surface area contributed by atoms with Crippen LogP contribution in [-0.2, 0) is 0 Å². The van der Waals surface area contributed by atoms with E-state index in [0.29, 0.717) is 36.6 Å². The summed E-state index contributed by atoms with van der Waals surface area (Å²) in [6.07, 6.45) is 2.12. The van der Waals surface area contributed by atoms with E-state index in [1.165, 1.54) is 5.56 Å². The summed E-state index contributed by atoms with van der Waals surface area (Å²) in [7, 11) is 0. The van der Waals surface area contributed by atoms with Crippen LogP contribution >= 0.6 is 0 Å². The number of hydrogen-bond donors (Lipinski definition) is 1. The van der Waals surface area contributed by atoms with Crippen molar-refractivity contribution in [1.82, 2.24) is 0 Å². The molecule has 0 aliphatic heterocycles. The first-order valence-electron chi connectivity index (χ1n) is 8.35. The molecular weight excluding hydrogens is 302 g/mol. The van der Waals surface area contributed by atoms with E-state index in [1.807, 2.05) is 38.1 Å². The van der Waals surface area contributed by atoms with Gasteiger partial charge in [0.2, 0.25) is 0 Å². The number of Topliss-reactive ketones (excluding diaryl/α,β-unsaturated/α-hetero) is 1. The zero-order valence-electron chi connectivity index (χ0n) is 14.4. The first-order valence-corrected chi connectivity index (χ1v) is 8.35. The van der Waals surface area contributed by atoms with Crippen LogP contribution in [-0.4, -0.2) is 19.0 Å². The van der Waals surface area contributed by atoms with Crippen LogP contribution in [0.2, 0.25) is 0 Å². The molecular formula is C20H25NO3. The van der Waals surface area contributed by atoms with Gasteiger partial charge in [0.1, 0.15) is 11.5 Å². The Morgan fingerprint density at radius 3 is 2.58 bits per heavy atom. The number of hydrogen-bond acceptors (Lipinski definition) is 4. The number of carbonyl (C=O) groups is 1. The molecule has 2 N–H and O–H groups in total. The summed E-state index contributed by atoms with van der Waals surface area (Å²) in [6, 6.07) is 13.2. The van der Waals surface area contributed by atoms with Crippen molar-refractivity contribution in [3.8, 4) is 11.5 Å². The fraction of sp³-hybridized carbons (Fsp3) is 0.350. The molecule has 0 spiro atoms. The molecule has 2 aromatic carbocycles. The van der Waals surface area contributed by atoms with E-state index in [4.69, 9.17) is 15.2 Å². The average molecular weight is 327 g/mol. The SMILES string of the molecule is CCCC(=O)c1ccc(OCCCOc2cccc(C)c2)c(N)c1. The molecule has 0 unspecified atom stereocenters. The zero-order valence-corrected chi connectivity index (χ0v) is 14.4. The summed E-state index contributed by atoms with van der Waals surface area (Å²) in [5.41, 5.74) is 8.28. The first kappa shape index (κ1) is 17.9. The molecule has 4 nitrogen and oxygen atoms in total. The van der Waals surface area contributed by atoms with Crippen molar-refractivity contribution in [3.05, 3.63) is 53.6 Å². The van der Waals surface area contributed by atoms with E-state index in [1.54, 1.807) is 18.2 Å². The number of anilines is 1. The van der Waals surface area contributed by atoms with Crippen LogP contribution < -0.4 is 15.2 Å². The number of ketones is 1. The molecule has 0 radical (unpaired) electrons. The summed E-state index contributed by atoms with van der Waals surface area (Å²) >= 11 is 0. The minimum atomic E-state index is 0.113. The van der Waals surface area contributed by atoms with Gasteiger partial charge < -0.3 is 15.2 Å². The van der Waals surface area contributed by atoms with E-state index in [2.05, 4.69) is 0 Å². The maximum atomic E-state index is 11.9. The molecule has 0 aromatic heterocycles. The second-order valence-corrected chi connectivity index (χ2v) is 5.79. The normalized spacial score (nSPS) is 10.4. The Kier molecular flexibility index (Phi) is 6.67. The second-order valence-electron chi connectivity index (χ2n) is 5.79. The highest BCUT2D eigenvalue weighted by atomic mass is 16.5. The average Bonchev–Trinajstić information content (AvgIpc) is 2.56. The Bertz CT molecular complexity index is 682. The Balaban J connectivity index is 1.77. The van der Waals surface area contributed by atoms with E-state index in [-0.39, 0.29) is 5.78 Å². The third kappa shape index (κ3) is 5.30. The first-order chi connectivity index (χ1) is 11.6. The van der Waals surface area contributed by atoms with Crippen LogP contribution in [0.5, 0.6) is 11.5 Å². The molecule has 0 fully saturated rings. The van der Waals surface area contributed by atoms with E-state index >= 15 is 0 Å². The smallest absolute Gasteiger partial charge is 0.162 e. The maximum absolute atomic E-state index is 11.9. The van der Waals surface area contributed by atoms with Crippen molar-refractivity contribution < 1.29 is 14.3 Å². The number of rotatable bonds is 9. The number of ether oxygens (including phenoxy) is 2. The fourth-order valence-corrected chi connectivity index (χ4v) is 2.36. The van der Waals surface area contributed by atoms with Crippen molar-refractivity contribution in [2.45, 2.75) is 33.1 Å². The van der Waals surface area contributed by atoms with Gasteiger partial charge in [0.25, 0.3) is 0 Å². The topological polar surface area (TPSA) is 61.5 Å². The van der Waals surface area contributed by atoms with Gasteiger partial charge in [-0.3, -0.25) is 4.79 Å². The standard InChI is InChI=1S/C20H25NO3/c1-3-6-19(22)16-9-10-20(18(21)14-16)24-12-5-11-23-17-8-4-7-15(2)13-17/h4,7-10,13-14H,3,5-6,11-12,21H2,1-2H3. The third-order valence-corrected chi connectivity index (χ3v) is 3.61. The van der Waals surface area contributed by atoms with Crippen LogP contribution in [0, 0.1) is 6.92 Å². The molecule has 0 amide bonds. The molecule has 0 saturated carbocycles. The predicted molar refractivity (Wildman–Crippen MR) is 96.9 cm³/mol. The fourth-order valence-electron chi connectivity index (χ4n) is 2.36. The Morgan fingerprint density at radius 2 is 1.88 bits per heavy atom. The molecule has 0 aliphatic carbocycles. The number of benzene rings is 2. The zero-order chi connectivity index (χ0) is 17.4. The van der Waals surface area contributed by atoms with Gasteiger partial charge in [-0.05, 0) is 49.2 Å². The van der Waals surface area contributed by atoms with Crippen molar-refractivity contribution in [2.75, 3.05) is 18.9 Å². The lowest BCUT2D eigenvalue weighted by Gasteiger charge is -2.11. The van der Waals surface area contributed by atoms with Gasteiger partial charge in [0, 0.05) is 18.4 Å². The maximum Gasteiger partial charge on any atom is 0.162 e. The van der Waals surface area contributed by atoms with Crippen LogP contribution in [0.25, 0.3) is 0 Å². The molecule has 0 heterocycles. The minimum absolute atomic E-state index is 0.113. The Labute approximate surface area is 143 Å². The van der Waals surface area contributed by atoms with Gasteiger partial charge >= 0.3 is 0 Å². The summed E-state index contributed by atoms with van der Waals surface area (Å²) in [5.74, 6) is 1.59. The molecule has 2 rings (SSSR count). The van der Waals surface area contributed by atoms with Crippen LogP contribution in [0.3, 0.4) is 0 Å². The van der Waals surface area contributed by atoms with Gasteiger partial charge in [0.15, 0.2) is 5.78 Å². The van der Waals surface area contributed by atoms with Crippen LogP contribution in [0.1, 0.15) is 42.1 Å². The summed E-state index contributed by atoms with van der Waals surface area (Å²) in [6.45, 7) is 5.11. The van der Waals surface area contributed by atoms with Crippen molar-refractivity contribution in [3.63, 3.8) is 0 Å². The van der Waals surface area contributed by atoms with Gasteiger partial charge in [-0.15, -0.1) is 0 Å². The molecule has 0 aliphatic rings. The van der Waals surface area contributed by atoms with Gasteiger partial charge in [-0.2, -0.15) is 0 Å². The predicted octanol–water partition coefficient (Wildman–Crippen LogP) is 4.41. The number of carbonyl (C=O) groups excluding carboxylic acids is 1. The number of nitrogens with two attached hydrogens (primary N) is 1. The van der Waals surface area contributed by atoms with Gasteiger partial charge in [0.05, 0.1) is 18.9 Å². The van der Waals surface area contributed by atoms with E-state index in [9.17, 15) is 4.79 Å². The van der Waals surface area contributed by atoms with Crippen LogP contribution in [0.4, 0.5) is 5.69 Å². The van der Waals surface area contributed by atoms with Crippen molar-refractivity contribution >= 4 is 11.5 Å². The molecule has 0 bridgehead atoms. The van der Waals surface area contributed by atoms with Crippen molar-refractivity contribution in [1.29, 1.82) is 0 Å². The van der Waals surface area contributed by atoms with E-state index < -0.39 is 0 Å². The second kappa shape index (κ2) is 8.96.